The molecule has 0 amide bonds. The van der Waals surface area contributed by atoms with Gasteiger partial charge in [-0.3, -0.25) is 4.79 Å². The zero-order valence-corrected chi connectivity index (χ0v) is 15.0. The van der Waals surface area contributed by atoms with E-state index in [1.165, 1.54) is 30.2 Å². The Morgan fingerprint density at radius 3 is 2.58 bits per heavy atom. The van der Waals surface area contributed by atoms with Crippen molar-refractivity contribution < 1.29 is 18.7 Å². The van der Waals surface area contributed by atoms with Crippen LogP contribution in [0.3, 0.4) is 0 Å². The molecule has 2 aromatic carbocycles. The molecule has 5 nitrogen and oxygen atoms in total. The van der Waals surface area contributed by atoms with Crippen LogP contribution in [-0.2, 0) is 16.1 Å². The molecule has 0 radical (unpaired) electrons. The van der Waals surface area contributed by atoms with E-state index >= 15 is 0 Å². The maximum Gasteiger partial charge on any atom is 0.303 e. The topological polar surface area (TPSA) is 53.4 Å². The zero-order valence-electron chi connectivity index (χ0n) is 15.0. The molecule has 1 heterocycles. The van der Waals surface area contributed by atoms with Crippen LogP contribution in [-0.4, -0.2) is 28.2 Å². The van der Waals surface area contributed by atoms with Crippen molar-refractivity contribution in [2.45, 2.75) is 33.4 Å². The van der Waals surface area contributed by atoms with Crippen LogP contribution in [0.2, 0.25) is 0 Å². The second kappa shape index (κ2) is 7.56. The van der Waals surface area contributed by atoms with Crippen LogP contribution < -0.4 is 4.74 Å². The summed E-state index contributed by atoms with van der Waals surface area (Å²) in [4.78, 5) is 15.9. The van der Waals surface area contributed by atoms with Crippen LogP contribution in [0.1, 0.15) is 18.1 Å². The third-order valence-electron chi connectivity index (χ3n) is 4.22. The second-order valence-electron chi connectivity index (χ2n) is 6.32. The number of imidazole rings is 1. The molecule has 0 bridgehead atoms. The van der Waals surface area contributed by atoms with Gasteiger partial charge in [-0.05, 0) is 61.4 Å². The Balaban J connectivity index is 1.76. The summed E-state index contributed by atoms with van der Waals surface area (Å²) in [7, 11) is 0. The van der Waals surface area contributed by atoms with Gasteiger partial charge in [-0.15, -0.1) is 0 Å². The van der Waals surface area contributed by atoms with Crippen molar-refractivity contribution in [1.82, 2.24) is 9.55 Å². The number of esters is 1. The van der Waals surface area contributed by atoms with Gasteiger partial charge in [0.2, 0.25) is 0 Å². The molecule has 0 spiro atoms. The average molecular weight is 356 g/mol. The molecule has 0 fully saturated rings. The van der Waals surface area contributed by atoms with Gasteiger partial charge in [-0.2, -0.15) is 0 Å². The fraction of sp³-hybridized carbons (Fsp3) is 0.300. The highest BCUT2D eigenvalue weighted by Gasteiger charge is 2.16. The molecule has 6 heteroatoms. The predicted octanol–water partition coefficient (Wildman–Crippen LogP) is 3.80. The quantitative estimate of drug-likeness (QED) is 0.631. The van der Waals surface area contributed by atoms with Crippen LogP contribution in [0.15, 0.2) is 42.7 Å². The van der Waals surface area contributed by atoms with Gasteiger partial charge < -0.3 is 14.0 Å². The highest BCUT2D eigenvalue weighted by molar-refractivity contribution is 5.77. The molecule has 0 saturated heterocycles. The number of hydrogen-bond acceptors (Lipinski definition) is 4. The first kappa shape index (κ1) is 17.9. The van der Waals surface area contributed by atoms with E-state index in [0.717, 1.165) is 11.0 Å². The molecule has 1 atom stereocenters. The number of ether oxygens (including phenoxy) is 2. The summed E-state index contributed by atoms with van der Waals surface area (Å²) >= 11 is 0. The van der Waals surface area contributed by atoms with Crippen molar-refractivity contribution in [2.24, 2.45) is 0 Å². The Bertz CT molecular complexity index is 919. The molecule has 0 aliphatic carbocycles. The van der Waals surface area contributed by atoms with E-state index in [4.69, 9.17) is 9.47 Å². The molecular formula is C20H21FN2O3. The molecule has 0 saturated carbocycles. The molecule has 136 valence electrons. The molecule has 3 rings (SSSR count). The highest BCUT2D eigenvalue weighted by atomic mass is 19.1. The summed E-state index contributed by atoms with van der Waals surface area (Å²) in [5.41, 5.74) is 4.23. The highest BCUT2D eigenvalue weighted by Crippen LogP contribution is 2.19. The number of aryl methyl sites for hydroxylation is 2. The lowest BCUT2D eigenvalue weighted by molar-refractivity contribution is -0.148. The van der Waals surface area contributed by atoms with Crippen LogP contribution >= 0.6 is 0 Å². The summed E-state index contributed by atoms with van der Waals surface area (Å²) in [6.07, 6.45) is 1.24. The van der Waals surface area contributed by atoms with Gasteiger partial charge in [0.25, 0.3) is 0 Å². The number of nitrogens with zero attached hydrogens (tertiary/aromatic N) is 2. The number of rotatable bonds is 6. The van der Waals surface area contributed by atoms with E-state index in [0.29, 0.717) is 12.3 Å². The van der Waals surface area contributed by atoms with Crippen LogP contribution in [0, 0.1) is 19.7 Å². The maximum atomic E-state index is 13.0. The summed E-state index contributed by atoms with van der Waals surface area (Å²) in [6, 6.07) is 9.84. The predicted molar refractivity (Wildman–Crippen MR) is 96.7 cm³/mol. The van der Waals surface area contributed by atoms with E-state index in [9.17, 15) is 9.18 Å². The zero-order chi connectivity index (χ0) is 18.7. The van der Waals surface area contributed by atoms with E-state index in [-0.39, 0.29) is 18.4 Å². The third-order valence-corrected chi connectivity index (χ3v) is 4.22. The van der Waals surface area contributed by atoms with Gasteiger partial charge in [-0.25, -0.2) is 9.37 Å². The number of halogens is 1. The fourth-order valence-corrected chi connectivity index (χ4v) is 2.76. The van der Waals surface area contributed by atoms with E-state index in [1.807, 2.05) is 24.5 Å². The lowest BCUT2D eigenvalue weighted by Crippen LogP contribution is -2.28. The molecular weight excluding hydrogens is 335 g/mol. The minimum absolute atomic E-state index is 0.162. The van der Waals surface area contributed by atoms with Gasteiger partial charge in [0.1, 0.15) is 18.2 Å². The molecule has 0 aliphatic heterocycles. The van der Waals surface area contributed by atoms with Crippen molar-refractivity contribution in [2.75, 3.05) is 6.61 Å². The molecule has 26 heavy (non-hydrogen) atoms. The first-order valence-corrected chi connectivity index (χ1v) is 8.40. The standard InChI is InChI=1S/C20H21FN2O3/c1-13-8-19-20(9-14(13)2)23(12-22-19)10-18(26-15(3)24)11-25-17-6-4-16(21)5-7-17/h4-9,12,18H,10-11H2,1-3H3/t18-/m1/s1. The number of benzene rings is 2. The molecule has 0 unspecified atom stereocenters. The first-order valence-electron chi connectivity index (χ1n) is 8.40. The fourth-order valence-electron chi connectivity index (χ4n) is 2.76. The van der Waals surface area contributed by atoms with E-state index in [2.05, 4.69) is 11.1 Å². The van der Waals surface area contributed by atoms with Gasteiger partial charge in [0, 0.05) is 6.92 Å². The van der Waals surface area contributed by atoms with Gasteiger partial charge in [0.15, 0.2) is 6.10 Å². The Labute approximate surface area is 151 Å². The number of carbonyl (C=O) groups is 1. The Hall–Kier alpha value is -2.89. The summed E-state index contributed by atoms with van der Waals surface area (Å²) in [5, 5.41) is 0. The van der Waals surface area contributed by atoms with E-state index < -0.39 is 6.10 Å². The SMILES string of the molecule is CC(=O)O[C@@H](COc1ccc(F)cc1)Cn1cnc2cc(C)c(C)cc21. The van der Waals surface area contributed by atoms with Gasteiger partial charge in [0.05, 0.1) is 23.9 Å². The van der Waals surface area contributed by atoms with E-state index in [1.54, 1.807) is 18.5 Å². The molecule has 1 aromatic heterocycles. The van der Waals surface area contributed by atoms with Crippen molar-refractivity contribution in [3.05, 3.63) is 59.7 Å². The molecule has 0 N–H and O–H groups in total. The van der Waals surface area contributed by atoms with Crippen LogP contribution in [0.5, 0.6) is 5.75 Å². The maximum absolute atomic E-state index is 13.0. The van der Waals surface area contributed by atoms with Crippen molar-refractivity contribution in [1.29, 1.82) is 0 Å². The van der Waals surface area contributed by atoms with Gasteiger partial charge in [-0.1, -0.05) is 0 Å². The summed E-state index contributed by atoms with van der Waals surface area (Å²) in [5.74, 6) is -0.191. The molecule has 0 aliphatic rings. The van der Waals surface area contributed by atoms with Crippen LogP contribution in [0.25, 0.3) is 11.0 Å². The normalized spacial score (nSPS) is 12.2. The third kappa shape index (κ3) is 4.20. The number of carbonyl (C=O) groups excluding carboxylic acids is 1. The molecule has 3 aromatic rings. The smallest absolute Gasteiger partial charge is 0.303 e. The Kier molecular flexibility index (Phi) is 5.21. The Morgan fingerprint density at radius 1 is 1.19 bits per heavy atom. The van der Waals surface area contributed by atoms with Crippen molar-refractivity contribution in [3.8, 4) is 5.75 Å². The second-order valence-corrected chi connectivity index (χ2v) is 6.32. The largest absolute Gasteiger partial charge is 0.490 e. The minimum atomic E-state index is -0.489. The minimum Gasteiger partial charge on any atom is -0.490 e. The lowest BCUT2D eigenvalue weighted by atomic mass is 10.1. The summed E-state index contributed by atoms with van der Waals surface area (Å²) < 4.78 is 26.0. The number of aromatic nitrogens is 2. The summed E-state index contributed by atoms with van der Waals surface area (Å²) in [6.45, 7) is 6.04. The number of fused-ring (bicyclic) bond motifs is 1. The Morgan fingerprint density at radius 2 is 1.88 bits per heavy atom. The van der Waals surface area contributed by atoms with Gasteiger partial charge >= 0.3 is 5.97 Å². The number of hydrogen-bond donors (Lipinski definition) is 0. The lowest BCUT2D eigenvalue weighted by Gasteiger charge is -2.19. The van der Waals surface area contributed by atoms with Crippen LogP contribution in [0.4, 0.5) is 4.39 Å². The van der Waals surface area contributed by atoms with Crippen molar-refractivity contribution >= 4 is 17.0 Å². The monoisotopic (exact) mass is 356 g/mol. The van der Waals surface area contributed by atoms with Crippen molar-refractivity contribution in [3.63, 3.8) is 0 Å². The average Bonchev–Trinajstić information content (AvgIpc) is 2.96. The first-order chi connectivity index (χ1) is 12.4.